The molecular formula is C20H16N6O3S2. The Morgan fingerprint density at radius 2 is 2.00 bits per heavy atom. The Morgan fingerprint density at radius 3 is 2.74 bits per heavy atom. The van der Waals surface area contributed by atoms with Gasteiger partial charge in [0.05, 0.1) is 16.2 Å². The maximum Gasteiger partial charge on any atom is 0.270 e. The number of aromatic nitrogens is 4. The standard InChI is InChI=1S/C20H16N6O3S2/c27-19(21-11-10-16-7-4-12-30-16)17-13-15(26(28)29)8-9-18(17)31-20-22-23-24-25(20)14-5-2-1-3-6-14/h1-9,12-13H,10-11H2,(H,21,27). The third kappa shape index (κ3) is 4.95. The summed E-state index contributed by atoms with van der Waals surface area (Å²) >= 11 is 2.78. The number of amides is 1. The number of hydrogen-bond donors (Lipinski definition) is 1. The molecule has 2 aromatic heterocycles. The highest BCUT2D eigenvalue weighted by Crippen LogP contribution is 2.32. The summed E-state index contributed by atoms with van der Waals surface area (Å²) in [6, 6.07) is 17.5. The predicted molar refractivity (Wildman–Crippen MR) is 117 cm³/mol. The van der Waals surface area contributed by atoms with Gasteiger partial charge >= 0.3 is 0 Å². The number of rotatable bonds is 8. The zero-order valence-electron chi connectivity index (χ0n) is 16.0. The first-order chi connectivity index (χ1) is 15.1. The molecule has 0 unspecified atom stereocenters. The number of tetrazole rings is 1. The first-order valence-electron chi connectivity index (χ1n) is 9.22. The Bertz CT molecular complexity index is 1190. The number of carbonyl (C=O) groups is 1. The van der Waals surface area contributed by atoms with E-state index in [2.05, 4.69) is 20.8 Å². The predicted octanol–water partition coefficient (Wildman–Crippen LogP) is 3.76. The zero-order chi connectivity index (χ0) is 21.6. The number of nitrogens with zero attached hydrogens (tertiary/aromatic N) is 5. The second-order valence-corrected chi connectivity index (χ2v) is 8.38. The van der Waals surface area contributed by atoms with Crippen LogP contribution in [0.4, 0.5) is 5.69 Å². The molecule has 1 N–H and O–H groups in total. The Kier molecular flexibility index (Phi) is 6.34. The molecule has 4 aromatic rings. The van der Waals surface area contributed by atoms with Crippen LogP contribution in [-0.2, 0) is 6.42 Å². The lowest BCUT2D eigenvalue weighted by Gasteiger charge is -2.10. The summed E-state index contributed by atoms with van der Waals surface area (Å²) in [7, 11) is 0. The lowest BCUT2D eigenvalue weighted by atomic mass is 10.2. The molecule has 11 heteroatoms. The van der Waals surface area contributed by atoms with E-state index in [9.17, 15) is 14.9 Å². The second-order valence-electron chi connectivity index (χ2n) is 6.33. The van der Waals surface area contributed by atoms with Gasteiger partial charge in [-0.25, -0.2) is 0 Å². The molecule has 0 fully saturated rings. The number of benzene rings is 2. The van der Waals surface area contributed by atoms with E-state index in [0.29, 0.717) is 23.0 Å². The van der Waals surface area contributed by atoms with Crippen molar-refractivity contribution >= 4 is 34.7 Å². The van der Waals surface area contributed by atoms with Crippen LogP contribution in [-0.4, -0.2) is 37.6 Å². The van der Waals surface area contributed by atoms with Crippen molar-refractivity contribution in [3.05, 3.63) is 86.6 Å². The fraction of sp³-hybridized carbons (Fsp3) is 0.100. The van der Waals surface area contributed by atoms with Gasteiger partial charge in [0.25, 0.3) is 11.6 Å². The van der Waals surface area contributed by atoms with Gasteiger partial charge in [-0.3, -0.25) is 14.9 Å². The topological polar surface area (TPSA) is 116 Å². The number of hydrogen-bond acceptors (Lipinski definition) is 8. The van der Waals surface area contributed by atoms with Crippen LogP contribution < -0.4 is 5.32 Å². The molecule has 9 nitrogen and oxygen atoms in total. The fourth-order valence-corrected chi connectivity index (χ4v) is 4.43. The van der Waals surface area contributed by atoms with E-state index in [-0.39, 0.29) is 17.2 Å². The van der Waals surface area contributed by atoms with E-state index in [1.807, 2.05) is 47.8 Å². The van der Waals surface area contributed by atoms with Crippen LogP contribution in [0.1, 0.15) is 15.2 Å². The van der Waals surface area contributed by atoms with Crippen LogP contribution in [0.5, 0.6) is 0 Å². The molecule has 0 bridgehead atoms. The number of para-hydroxylation sites is 1. The Morgan fingerprint density at radius 1 is 1.16 bits per heavy atom. The Balaban J connectivity index is 1.58. The largest absolute Gasteiger partial charge is 0.352 e. The quantitative estimate of drug-likeness (QED) is 0.320. The van der Waals surface area contributed by atoms with Gasteiger partial charge in [0.1, 0.15) is 0 Å². The fourth-order valence-electron chi connectivity index (χ4n) is 2.82. The molecule has 0 saturated carbocycles. The average Bonchev–Trinajstić information content (AvgIpc) is 3.46. The second kappa shape index (κ2) is 9.49. The molecule has 31 heavy (non-hydrogen) atoms. The summed E-state index contributed by atoms with van der Waals surface area (Å²) in [5, 5.41) is 28.3. The molecule has 0 spiro atoms. The maximum absolute atomic E-state index is 12.9. The minimum absolute atomic E-state index is 0.157. The van der Waals surface area contributed by atoms with Crippen molar-refractivity contribution in [2.24, 2.45) is 0 Å². The summed E-state index contributed by atoms with van der Waals surface area (Å²) in [6.45, 7) is 0.425. The molecule has 2 aromatic carbocycles. The van der Waals surface area contributed by atoms with Crippen molar-refractivity contribution in [3.8, 4) is 5.69 Å². The Labute approximate surface area is 185 Å². The highest BCUT2D eigenvalue weighted by atomic mass is 32.2. The minimum Gasteiger partial charge on any atom is -0.352 e. The lowest BCUT2D eigenvalue weighted by Crippen LogP contribution is -2.26. The number of thiophene rings is 1. The molecule has 0 saturated heterocycles. The monoisotopic (exact) mass is 452 g/mol. The van der Waals surface area contributed by atoms with Crippen LogP contribution in [0.15, 0.2) is 76.1 Å². The SMILES string of the molecule is O=C(NCCc1cccs1)c1cc([N+](=O)[O-])ccc1Sc1nnnn1-c1ccccc1. The van der Waals surface area contributed by atoms with E-state index in [1.54, 1.807) is 22.1 Å². The van der Waals surface area contributed by atoms with Crippen molar-refractivity contribution in [2.75, 3.05) is 6.54 Å². The van der Waals surface area contributed by atoms with Crippen molar-refractivity contribution in [1.82, 2.24) is 25.5 Å². The number of non-ortho nitro benzene ring substituents is 1. The van der Waals surface area contributed by atoms with Crippen molar-refractivity contribution in [2.45, 2.75) is 16.5 Å². The summed E-state index contributed by atoms with van der Waals surface area (Å²) in [5.41, 5.74) is 0.808. The van der Waals surface area contributed by atoms with Crippen molar-refractivity contribution < 1.29 is 9.72 Å². The molecule has 2 heterocycles. The normalized spacial score (nSPS) is 10.7. The highest BCUT2D eigenvalue weighted by molar-refractivity contribution is 7.99. The smallest absolute Gasteiger partial charge is 0.270 e. The first-order valence-corrected chi connectivity index (χ1v) is 10.9. The molecule has 0 atom stereocenters. The summed E-state index contributed by atoms with van der Waals surface area (Å²) in [5.74, 6) is -0.388. The van der Waals surface area contributed by atoms with E-state index in [4.69, 9.17) is 0 Å². The van der Waals surface area contributed by atoms with E-state index in [1.165, 1.54) is 23.9 Å². The minimum atomic E-state index is -0.523. The van der Waals surface area contributed by atoms with Crippen LogP contribution in [0.2, 0.25) is 0 Å². The van der Waals surface area contributed by atoms with Gasteiger partial charge in [0, 0.05) is 28.5 Å². The number of nitrogens with one attached hydrogen (secondary N) is 1. The molecule has 0 radical (unpaired) electrons. The maximum atomic E-state index is 12.9. The molecule has 0 aliphatic carbocycles. The van der Waals surface area contributed by atoms with Gasteiger partial charge in [-0.05, 0) is 58.3 Å². The first kappa shape index (κ1) is 20.7. The zero-order valence-corrected chi connectivity index (χ0v) is 17.7. The van der Waals surface area contributed by atoms with E-state index >= 15 is 0 Å². The Hall–Kier alpha value is -3.57. The highest BCUT2D eigenvalue weighted by Gasteiger charge is 2.20. The van der Waals surface area contributed by atoms with Gasteiger partial charge in [0.15, 0.2) is 0 Å². The van der Waals surface area contributed by atoms with E-state index < -0.39 is 4.92 Å². The van der Waals surface area contributed by atoms with Crippen molar-refractivity contribution in [1.29, 1.82) is 0 Å². The molecule has 156 valence electrons. The molecular weight excluding hydrogens is 436 g/mol. The van der Waals surface area contributed by atoms with Crippen LogP contribution in [0.3, 0.4) is 0 Å². The molecule has 1 amide bonds. The van der Waals surface area contributed by atoms with Gasteiger partial charge in [-0.15, -0.1) is 16.4 Å². The average molecular weight is 453 g/mol. The van der Waals surface area contributed by atoms with Crippen LogP contribution >= 0.6 is 23.1 Å². The van der Waals surface area contributed by atoms with E-state index in [0.717, 1.165) is 10.6 Å². The summed E-state index contributed by atoms with van der Waals surface area (Å²) in [4.78, 5) is 25.2. The van der Waals surface area contributed by atoms with Gasteiger partial charge < -0.3 is 5.32 Å². The molecule has 0 aliphatic heterocycles. The number of nitro benzene ring substituents is 1. The third-order valence-electron chi connectivity index (χ3n) is 4.30. The van der Waals surface area contributed by atoms with Gasteiger partial charge in [-0.2, -0.15) is 4.68 Å². The number of carbonyl (C=O) groups excluding carboxylic acids is 1. The third-order valence-corrected chi connectivity index (χ3v) is 6.25. The van der Waals surface area contributed by atoms with Crippen molar-refractivity contribution in [3.63, 3.8) is 0 Å². The van der Waals surface area contributed by atoms with Gasteiger partial charge in [-0.1, -0.05) is 24.3 Å². The van der Waals surface area contributed by atoms with Crippen LogP contribution in [0.25, 0.3) is 5.69 Å². The summed E-state index contributed by atoms with van der Waals surface area (Å²) < 4.78 is 1.55. The molecule has 0 aliphatic rings. The number of nitro groups is 1. The lowest BCUT2D eigenvalue weighted by molar-refractivity contribution is -0.384. The van der Waals surface area contributed by atoms with Crippen LogP contribution in [0, 0.1) is 10.1 Å². The van der Waals surface area contributed by atoms with Gasteiger partial charge in [0.2, 0.25) is 5.16 Å². The molecule has 4 rings (SSSR count). The summed E-state index contributed by atoms with van der Waals surface area (Å²) in [6.07, 6.45) is 0.688.